The van der Waals surface area contributed by atoms with E-state index >= 15 is 0 Å². The van der Waals surface area contributed by atoms with Gasteiger partial charge in [-0.15, -0.1) is 0 Å². The van der Waals surface area contributed by atoms with Crippen molar-refractivity contribution in [2.75, 3.05) is 0 Å². The standard InChI is InChI=1S/C8H8NOP/c1-5-2-6-7(4-11-5)9-3-8(6)10/h2-4,9-10H,1H3. The van der Waals surface area contributed by atoms with Gasteiger partial charge < -0.3 is 10.1 Å². The fourth-order valence-electron chi connectivity index (χ4n) is 1.11. The van der Waals surface area contributed by atoms with Crippen LogP contribution in [0.2, 0.25) is 0 Å². The number of H-pyrrole nitrogens is 1. The number of rotatable bonds is 0. The Morgan fingerprint density at radius 1 is 1.55 bits per heavy atom. The summed E-state index contributed by atoms with van der Waals surface area (Å²) >= 11 is 0. The highest BCUT2D eigenvalue weighted by molar-refractivity contribution is 7.30. The molecule has 0 saturated heterocycles. The van der Waals surface area contributed by atoms with Gasteiger partial charge in [0.05, 0.1) is 5.52 Å². The molecule has 0 fully saturated rings. The van der Waals surface area contributed by atoms with Crippen molar-refractivity contribution in [1.82, 2.24) is 4.98 Å². The predicted molar refractivity (Wildman–Crippen MR) is 47.2 cm³/mol. The van der Waals surface area contributed by atoms with E-state index in [1.807, 2.05) is 13.0 Å². The minimum absolute atomic E-state index is 0.338. The maximum absolute atomic E-state index is 9.32. The van der Waals surface area contributed by atoms with Crippen LogP contribution in [0, 0.1) is 6.92 Å². The van der Waals surface area contributed by atoms with Crippen molar-refractivity contribution in [3.05, 3.63) is 23.4 Å². The van der Waals surface area contributed by atoms with E-state index in [-0.39, 0.29) is 0 Å². The largest absolute Gasteiger partial charge is 0.506 e. The third kappa shape index (κ3) is 0.997. The summed E-state index contributed by atoms with van der Waals surface area (Å²) in [6.07, 6.45) is 1.62. The zero-order valence-corrected chi connectivity index (χ0v) is 7.02. The van der Waals surface area contributed by atoms with Crippen molar-refractivity contribution in [3.63, 3.8) is 0 Å². The molecule has 0 aromatic carbocycles. The molecule has 56 valence electrons. The van der Waals surface area contributed by atoms with E-state index in [0.717, 1.165) is 10.9 Å². The van der Waals surface area contributed by atoms with Crippen LogP contribution in [0.25, 0.3) is 10.9 Å². The number of hydrogen-bond donors (Lipinski definition) is 2. The van der Waals surface area contributed by atoms with Crippen molar-refractivity contribution < 1.29 is 5.11 Å². The average Bonchev–Trinajstić information content (AvgIpc) is 2.33. The Balaban J connectivity index is 2.87. The van der Waals surface area contributed by atoms with Gasteiger partial charge in [-0.1, -0.05) is 8.19 Å². The zero-order valence-electron chi connectivity index (χ0n) is 6.13. The third-order valence-electron chi connectivity index (χ3n) is 1.68. The smallest absolute Gasteiger partial charge is 0.140 e. The molecule has 2 aromatic heterocycles. The molecule has 0 saturated carbocycles. The Bertz CT molecular complexity index is 394. The van der Waals surface area contributed by atoms with Crippen LogP contribution in [0.5, 0.6) is 5.75 Å². The van der Waals surface area contributed by atoms with Crippen LogP contribution in [0.3, 0.4) is 0 Å². The van der Waals surface area contributed by atoms with Crippen LogP contribution in [-0.2, 0) is 0 Å². The van der Waals surface area contributed by atoms with E-state index in [1.54, 1.807) is 6.20 Å². The summed E-state index contributed by atoms with van der Waals surface area (Å²) in [6, 6.07) is 2.00. The first-order valence-electron chi connectivity index (χ1n) is 3.40. The minimum Gasteiger partial charge on any atom is -0.506 e. The summed E-state index contributed by atoms with van der Waals surface area (Å²) in [5.74, 6) is 2.40. The molecule has 2 aromatic rings. The first kappa shape index (κ1) is 6.68. The molecule has 0 unspecified atom stereocenters. The van der Waals surface area contributed by atoms with E-state index in [9.17, 15) is 5.11 Å². The van der Waals surface area contributed by atoms with Crippen LogP contribution < -0.4 is 0 Å². The first-order valence-corrected chi connectivity index (χ1v) is 4.36. The van der Waals surface area contributed by atoms with Crippen molar-refractivity contribution in [1.29, 1.82) is 0 Å². The lowest BCUT2D eigenvalue weighted by atomic mass is 10.3. The molecule has 0 aliphatic carbocycles. The molecule has 2 N–H and O–H groups in total. The summed E-state index contributed by atoms with van der Waals surface area (Å²) < 4.78 is 0. The average molecular weight is 165 g/mol. The van der Waals surface area contributed by atoms with Crippen LogP contribution in [0.15, 0.2) is 18.1 Å². The summed E-state index contributed by atoms with van der Waals surface area (Å²) in [7, 11) is 1.21. The lowest BCUT2D eigenvalue weighted by Crippen LogP contribution is -1.65. The monoisotopic (exact) mass is 165 g/mol. The number of aromatic amines is 1. The number of aromatic hydroxyl groups is 1. The number of nitrogens with one attached hydrogen (secondary N) is 1. The molecule has 2 nitrogen and oxygen atoms in total. The second-order valence-electron chi connectivity index (χ2n) is 2.55. The van der Waals surface area contributed by atoms with E-state index < -0.39 is 0 Å². The highest BCUT2D eigenvalue weighted by Crippen LogP contribution is 2.28. The Labute approximate surface area is 66.0 Å². The molecule has 2 heterocycles. The van der Waals surface area contributed by atoms with E-state index in [4.69, 9.17) is 0 Å². The highest BCUT2D eigenvalue weighted by Gasteiger charge is 2.00. The van der Waals surface area contributed by atoms with Gasteiger partial charge >= 0.3 is 0 Å². The molecule has 3 heteroatoms. The summed E-state index contributed by atoms with van der Waals surface area (Å²) in [4.78, 5) is 2.99. The van der Waals surface area contributed by atoms with Crippen LogP contribution in [-0.4, -0.2) is 10.1 Å². The Hall–Kier alpha value is -1.01. The second-order valence-corrected chi connectivity index (χ2v) is 3.77. The first-order chi connectivity index (χ1) is 5.27. The molecule has 0 aliphatic heterocycles. The van der Waals surface area contributed by atoms with Gasteiger partial charge in [-0.05, 0) is 24.1 Å². The molecular formula is C8H8NOP. The second kappa shape index (κ2) is 2.24. The molecule has 0 amide bonds. The summed E-state index contributed by atoms with van der Waals surface area (Å²) in [5, 5.41) is 11.5. The van der Waals surface area contributed by atoms with Gasteiger partial charge in [0.1, 0.15) is 5.75 Å². The SMILES string of the molecule is Cc1cc2c(O)c[nH]c2cp1. The minimum atomic E-state index is 0.338. The Morgan fingerprint density at radius 3 is 3.18 bits per heavy atom. The number of aromatic nitrogens is 1. The quantitative estimate of drug-likeness (QED) is 0.618. The molecule has 0 atom stereocenters. The Morgan fingerprint density at radius 2 is 2.36 bits per heavy atom. The molecule has 11 heavy (non-hydrogen) atoms. The molecule has 0 bridgehead atoms. The molecule has 0 spiro atoms. The normalized spacial score (nSPS) is 11.4. The number of hydrogen-bond acceptors (Lipinski definition) is 1. The van der Waals surface area contributed by atoms with Gasteiger partial charge in [-0.3, -0.25) is 0 Å². The number of fused-ring (bicyclic) bond motifs is 1. The fourth-order valence-corrected chi connectivity index (χ4v) is 1.86. The van der Waals surface area contributed by atoms with Gasteiger partial charge in [-0.25, -0.2) is 0 Å². The van der Waals surface area contributed by atoms with Gasteiger partial charge in [0.2, 0.25) is 0 Å². The van der Waals surface area contributed by atoms with Crippen molar-refractivity contribution in [3.8, 4) is 5.75 Å². The van der Waals surface area contributed by atoms with Gasteiger partial charge in [0.25, 0.3) is 0 Å². The summed E-state index contributed by atoms with van der Waals surface area (Å²) in [5.41, 5.74) is 1.02. The fraction of sp³-hybridized carbons (Fsp3) is 0.125. The third-order valence-corrected chi connectivity index (χ3v) is 2.60. The molecule has 2 rings (SSSR count). The van der Waals surface area contributed by atoms with Gasteiger partial charge in [0, 0.05) is 11.6 Å². The Kier molecular flexibility index (Phi) is 1.36. The maximum Gasteiger partial charge on any atom is 0.140 e. The molecular weight excluding hydrogens is 157 g/mol. The van der Waals surface area contributed by atoms with E-state index in [1.165, 1.54) is 13.5 Å². The van der Waals surface area contributed by atoms with Crippen molar-refractivity contribution in [2.24, 2.45) is 0 Å². The topological polar surface area (TPSA) is 36.0 Å². The van der Waals surface area contributed by atoms with Crippen molar-refractivity contribution >= 4 is 19.1 Å². The van der Waals surface area contributed by atoms with Gasteiger partial charge in [-0.2, -0.15) is 0 Å². The highest BCUT2D eigenvalue weighted by atomic mass is 31.0. The van der Waals surface area contributed by atoms with E-state index in [0.29, 0.717) is 5.75 Å². The summed E-state index contributed by atoms with van der Waals surface area (Å²) in [6.45, 7) is 2.05. The van der Waals surface area contributed by atoms with Crippen molar-refractivity contribution in [2.45, 2.75) is 6.92 Å². The maximum atomic E-state index is 9.32. The molecule has 0 radical (unpaired) electrons. The lowest BCUT2D eigenvalue weighted by Gasteiger charge is -1.91. The zero-order chi connectivity index (χ0) is 7.84. The predicted octanol–water partition coefficient (Wildman–Crippen LogP) is 2.76. The van der Waals surface area contributed by atoms with Crippen LogP contribution in [0.4, 0.5) is 0 Å². The lowest BCUT2D eigenvalue weighted by molar-refractivity contribution is 0.481. The number of aryl methyl sites for hydroxylation is 1. The van der Waals surface area contributed by atoms with Crippen LogP contribution in [0.1, 0.15) is 5.30 Å². The molecule has 0 aliphatic rings. The van der Waals surface area contributed by atoms with Gasteiger partial charge in [0.15, 0.2) is 0 Å². The van der Waals surface area contributed by atoms with Crippen LogP contribution >= 0.6 is 8.19 Å². The van der Waals surface area contributed by atoms with E-state index in [2.05, 4.69) is 10.8 Å².